The highest BCUT2D eigenvalue weighted by molar-refractivity contribution is 4.90. The van der Waals surface area contributed by atoms with Crippen LogP contribution in [0.2, 0.25) is 0 Å². The standard InChI is InChI=1S/C18H32N2/c1-3-7-17(8-4-1)9-14-19-15-10-18(11-16-19)20-12-5-2-6-13-20/h1,3,17-18H,2,4-16H2. The summed E-state index contributed by atoms with van der Waals surface area (Å²) in [4.78, 5) is 5.52. The average molecular weight is 276 g/mol. The predicted octanol–water partition coefficient (Wildman–Crippen LogP) is 3.68. The Bertz CT molecular complexity index is 299. The first-order valence-corrected chi connectivity index (χ1v) is 9.03. The van der Waals surface area contributed by atoms with Crippen molar-refractivity contribution in [2.75, 3.05) is 32.7 Å². The second kappa shape index (κ2) is 7.61. The quantitative estimate of drug-likeness (QED) is 0.723. The van der Waals surface area contributed by atoms with Gasteiger partial charge in [-0.3, -0.25) is 0 Å². The van der Waals surface area contributed by atoms with Crippen molar-refractivity contribution < 1.29 is 0 Å². The zero-order valence-corrected chi connectivity index (χ0v) is 13.1. The lowest BCUT2D eigenvalue weighted by Gasteiger charge is -2.40. The van der Waals surface area contributed by atoms with Crippen molar-refractivity contribution in [3.05, 3.63) is 12.2 Å². The molecule has 3 aliphatic rings. The largest absolute Gasteiger partial charge is 0.303 e. The van der Waals surface area contributed by atoms with E-state index in [1.165, 1.54) is 90.5 Å². The Hall–Kier alpha value is -0.340. The summed E-state index contributed by atoms with van der Waals surface area (Å²) in [5, 5.41) is 0. The van der Waals surface area contributed by atoms with Crippen LogP contribution < -0.4 is 0 Å². The average Bonchev–Trinajstić information content (AvgIpc) is 2.55. The summed E-state index contributed by atoms with van der Waals surface area (Å²) in [6.45, 7) is 6.80. The van der Waals surface area contributed by atoms with E-state index in [2.05, 4.69) is 22.0 Å². The van der Waals surface area contributed by atoms with Crippen LogP contribution in [0.1, 0.15) is 57.8 Å². The van der Waals surface area contributed by atoms with Gasteiger partial charge in [0.25, 0.3) is 0 Å². The van der Waals surface area contributed by atoms with Gasteiger partial charge in [-0.2, -0.15) is 0 Å². The van der Waals surface area contributed by atoms with Crippen molar-refractivity contribution in [1.82, 2.24) is 9.80 Å². The molecule has 0 saturated carbocycles. The zero-order valence-electron chi connectivity index (χ0n) is 13.1. The molecule has 3 rings (SSSR count). The molecule has 2 aliphatic heterocycles. The molecule has 0 amide bonds. The molecule has 1 aliphatic carbocycles. The van der Waals surface area contributed by atoms with Crippen molar-refractivity contribution in [2.24, 2.45) is 5.92 Å². The Morgan fingerprint density at radius 1 is 0.850 bits per heavy atom. The van der Waals surface area contributed by atoms with Gasteiger partial charge in [0.1, 0.15) is 0 Å². The van der Waals surface area contributed by atoms with Crippen LogP contribution in [-0.4, -0.2) is 48.6 Å². The summed E-state index contributed by atoms with van der Waals surface area (Å²) in [5.41, 5.74) is 0. The Kier molecular flexibility index (Phi) is 5.55. The maximum Gasteiger partial charge on any atom is 0.0120 e. The molecule has 1 atom stereocenters. The molecule has 0 spiro atoms. The minimum atomic E-state index is 0.907. The van der Waals surface area contributed by atoms with Gasteiger partial charge in [-0.15, -0.1) is 0 Å². The first-order valence-electron chi connectivity index (χ1n) is 9.03. The molecule has 0 bridgehead atoms. The molecule has 2 heteroatoms. The second-order valence-corrected chi connectivity index (χ2v) is 7.11. The molecule has 2 nitrogen and oxygen atoms in total. The van der Waals surface area contributed by atoms with Crippen molar-refractivity contribution in [3.8, 4) is 0 Å². The summed E-state index contributed by atoms with van der Waals surface area (Å²) in [7, 11) is 0. The van der Waals surface area contributed by atoms with Gasteiger partial charge in [-0.25, -0.2) is 0 Å². The molecule has 0 N–H and O–H groups in total. The number of likely N-dealkylation sites (tertiary alicyclic amines) is 2. The molecule has 2 fully saturated rings. The minimum absolute atomic E-state index is 0.907. The van der Waals surface area contributed by atoms with E-state index in [0.29, 0.717) is 0 Å². The van der Waals surface area contributed by atoms with Gasteiger partial charge in [0.05, 0.1) is 0 Å². The van der Waals surface area contributed by atoms with Gasteiger partial charge in [0, 0.05) is 6.04 Å². The molecule has 1 unspecified atom stereocenters. The Morgan fingerprint density at radius 3 is 2.35 bits per heavy atom. The molecule has 0 aromatic rings. The molecular weight excluding hydrogens is 244 g/mol. The lowest BCUT2D eigenvalue weighted by molar-refractivity contribution is 0.0897. The van der Waals surface area contributed by atoms with Gasteiger partial charge >= 0.3 is 0 Å². The van der Waals surface area contributed by atoms with E-state index in [4.69, 9.17) is 0 Å². The highest BCUT2D eigenvalue weighted by atomic mass is 15.2. The third-order valence-corrected chi connectivity index (χ3v) is 5.70. The molecule has 0 radical (unpaired) electrons. The SMILES string of the molecule is C1=CCC(CCN2CCC(N3CCCCC3)CC2)CC1. The van der Waals surface area contributed by atoms with E-state index in [1.54, 1.807) is 0 Å². The van der Waals surface area contributed by atoms with E-state index in [1.807, 2.05) is 0 Å². The first-order chi connectivity index (χ1) is 9.92. The normalized spacial score (nSPS) is 30.7. The van der Waals surface area contributed by atoms with Gasteiger partial charge < -0.3 is 9.80 Å². The number of hydrogen-bond donors (Lipinski definition) is 0. The lowest BCUT2D eigenvalue weighted by atomic mass is 9.91. The second-order valence-electron chi connectivity index (χ2n) is 7.11. The minimum Gasteiger partial charge on any atom is -0.303 e. The maximum atomic E-state index is 2.78. The molecule has 2 saturated heterocycles. The third kappa shape index (κ3) is 4.08. The van der Waals surface area contributed by atoms with Gasteiger partial charge in [-0.1, -0.05) is 18.6 Å². The Balaban J connectivity index is 1.34. The number of hydrogen-bond acceptors (Lipinski definition) is 2. The third-order valence-electron chi connectivity index (χ3n) is 5.70. The molecule has 114 valence electrons. The van der Waals surface area contributed by atoms with Crippen LogP contribution in [0.25, 0.3) is 0 Å². The number of nitrogens with zero attached hydrogens (tertiary/aromatic N) is 2. The summed E-state index contributed by atoms with van der Waals surface area (Å²) >= 11 is 0. The maximum absolute atomic E-state index is 2.78. The summed E-state index contributed by atoms with van der Waals surface area (Å²) < 4.78 is 0. The molecule has 0 aromatic carbocycles. The fourth-order valence-corrected chi connectivity index (χ4v) is 4.28. The van der Waals surface area contributed by atoms with E-state index >= 15 is 0 Å². The van der Waals surface area contributed by atoms with Crippen LogP contribution in [0.15, 0.2) is 12.2 Å². The fraction of sp³-hybridized carbons (Fsp3) is 0.889. The predicted molar refractivity (Wildman–Crippen MR) is 86.0 cm³/mol. The van der Waals surface area contributed by atoms with Crippen LogP contribution in [0.3, 0.4) is 0 Å². The van der Waals surface area contributed by atoms with Crippen molar-refractivity contribution in [2.45, 2.75) is 63.8 Å². The molecule has 0 aromatic heterocycles. The van der Waals surface area contributed by atoms with E-state index < -0.39 is 0 Å². The van der Waals surface area contributed by atoms with Gasteiger partial charge in [-0.05, 0) is 90.0 Å². The molecular formula is C18H32N2. The highest BCUT2D eigenvalue weighted by Crippen LogP contribution is 2.24. The van der Waals surface area contributed by atoms with E-state index in [0.717, 1.165) is 12.0 Å². The number of piperidine rings is 2. The van der Waals surface area contributed by atoms with Gasteiger partial charge in [0.15, 0.2) is 0 Å². The van der Waals surface area contributed by atoms with Crippen molar-refractivity contribution in [3.63, 3.8) is 0 Å². The number of rotatable bonds is 4. The van der Waals surface area contributed by atoms with Crippen LogP contribution >= 0.6 is 0 Å². The van der Waals surface area contributed by atoms with Crippen molar-refractivity contribution >= 4 is 0 Å². The van der Waals surface area contributed by atoms with E-state index in [9.17, 15) is 0 Å². The van der Waals surface area contributed by atoms with Crippen LogP contribution in [0.4, 0.5) is 0 Å². The first kappa shape index (κ1) is 14.6. The lowest BCUT2D eigenvalue weighted by Crippen LogP contribution is -2.47. The Labute approximate surface area is 125 Å². The fourth-order valence-electron chi connectivity index (χ4n) is 4.28. The van der Waals surface area contributed by atoms with E-state index in [-0.39, 0.29) is 0 Å². The Morgan fingerprint density at radius 2 is 1.65 bits per heavy atom. The summed E-state index contributed by atoms with van der Waals surface area (Å²) in [6.07, 6.45) is 17.5. The summed E-state index contributed by atoms with van der Waals surface area (Å²) in [5.74, 6) is 0.972. The van der Waals surface area contributed by atoms with Crippen LogP contribution in [0.5, 0.6) is 0 Å². The zero-order chi connectivity index (χ0) is 13.6. The smallest absolute Gasteiger partial charge is 0.0120 e. The van der Waals surface area contributed by atoms with Crippen LogP contribution in [0, 0.1) is 5.92 Å². The topological polar surface area (TPSA) is 6.48 Å². The van der Waals surface area contributed by atoms with Gasteiger partial charge in [0.2, 0.25) is 0 Å². The van der Waals surface area contributed by atoms with Crippen molar-refractivity contribution in [1.29, 1.82) is 0 Å². The number of allylic oxidation sites excluding steroid dienone is 2. The summed E-state index contributed by atoms with van der Waals surface area (Å²) in [6, 6.07) is 0.907. The monoisotopic (exact) mass is 276 g/mol. The van der Waals surface area contributed by atoms with Crippen LogP contribution in [-0.2, 0) is 0 Å². The molecule has 2 heterocycles. The highest BCUT2D eigenvalue weighted by Gasteiger charge is 2.25. The molecule has 20 heavy (non-hydrogen) atoms.